The molecule has 134 valence electrons. The molecule has 4 heterocycles. The van der Waals surface area contributed by atoms with Crippen LogP contribution < -0.4 is 5.32 Å². The number of hydrogen-bond donors (Lipinski definition) is 1. The molecular formula is C18H26N6O. The van der Waals surface area contributed by atoms with Gasteiger partial charge in [-0.3, -0.25) is 9.58 Å². The quantitative estimate of drug-likeness (QED) is 0.890. The Morgan fingerprint density at radius 3 is 2.76 bits per heavy atom. The molecule has 1 atom stereocenters. The molecule has 2 fully saturated rings. The number of hydrogen-bond acceptors (Lipinski definition) is 6. The number of nitrogens with one attached hydrogen (secondary N) is 1. The lowest BCUT2D eigenvalue weighted by Crippen LogP contribution is -2.64. The van der Waals surface area contributed by atoms with E-state index in [1.165, 1.54) is 12.1 Å². The minimum Gasteiger partial charge on any atom is -0.372 e. The Kier molecular flexibility index (Phi) is 4.43. The Balaban J connectivity index is 1.21. The SMILES string of the molecule is Cc1cc(CN2CC3(CCC(CNc4ncccn4)CO3)C2)n(C)n1. The largest absolute Gasteiger partial charge is 0.372 e. The fourth-order valence-electron chi connectivity index (χ4n) is 3.88. The minimum atomic E-state index is 0.0768. The fraction of sp³-hybridized carbons (Fsp3) is 0.611. The molecule has 0 aromatic carbocycles. The van der Waals surface area contributed by atoms with Crippen LogP contribution in [-0.2, 0) is 18.3 Å². The van der Waals surface area contributed by atoms with Gasteiger partial charge in [0, 0.05) is 45.6 Å². The first-order chi connectivity index (χ1) is 12.1. The predicted octanol–water partition coefficient (Wildman–Crippen LogP) is 1.61. The van der Waals surface area contributed by atoms with E-state index in [-0.39, 0.29) is 5.60 Å². The monoisotopic (exact) mass is 342 g/mol. The number of aryl methyl sites for hydroxylation is 2. The third-order valence-corrected chi connectivity index (χ3v) is 5.26. The minimum absolute atomic E-state index is 0.0768. The molecule has 2 aliphatic heterocycles. The van der Waals surface area contributed by atoms with Crippen LogP contribution in [0.15, 0.2) is 24.5 Å². The summed E-state index contributed by atoms with van der Waals surface area (Å²) in [5, 5.41) is 7.73. The standard InChI is InChI=1S/C18H26N6O/c1-14-8-16(23(2)22-14)10-24-12-18(13-24)5-4-15(11-25-18)9-21-17-19-6-3-7-20-17/h3,6-8,15H,4-5,9-13H2,1-2H3,(H,19,20,21). The van der Waals surface area contributed by atoms with Crippen LogP contribution in [0.4, 0.5) is 5.95 Å². The van der Waals surface area contributed by atoms with Crippen LogP contribution in [0.3, 0.4) is 0 Å². The second-order valence-corrected chi connectivity index (χ2v) is 7.40. The van der Waals surface area contributed by atoms with Gasteiger partial charge in [-0.2, -0.15) is 5.10 Å². The Labute approximate surface area is 148 Å². The molecule has 7 heteroatoms. The van der Waals surface area contributed by atoms with Gasteiger partial charge in [0.15, 0.2) is 0 Å². The molecule has 2 aliphatic rings. The van der Waals surface area contributed by atoms with E-state index < -0.39 is 0 Å². The molecule has 2 aromatic rings. The molecular weight excluding hydrogens is 316 g/mol. The van der Waals surface area contributed by atoms with Gasteiger partial charge in [-0.1, -0.05) is 0 Å². The van der Waals surface area contributed by atoms with Crippen LogP contribution in [0.25, 0.3) is 0 Å². The van der Waals surface area contributed by atoms with Gasteiger partial charge in [0.25, 0.3) is 0 Å². The third kappa shape index (κ3) is 3.67. The van der Waals surface area contributed by atoms with E-state index in [0.717, 1.165) is 44.9 Å². The topological polar surface area (TPSA) is 68.1 Å². The number of anilines is 1. The molecule has 0 aliphatic carbocycles. The molecule has 2 aromatic heterocycles. The van der Waals surface area contributed by atoms with Gasteiger partial charge >= 0.3 is 0 Å². The maximum atomic E-state index is 6.26. The summed E-state index contributed by atoms with van der Waals surface area (Å²) in [6.45, 7) is 6.74. The van der Waals surface area contributed by atoms with Gasteiger partial charge in [0.05, 0.1) is 23.6 Å². The van der Waals surface area contributed by atoms with Crippen LogP contribution in [0, 0.1) is 12.8 Å². The molecule has 1 unspecified atom stereocenters. The molecule has 2 saturated heterocycles. The van der Waals surface area contributed by atoms with E-state index in [4.69, 9.17) is 4.74 Å². The molecule has 1 spiro atoms. The summed E-state index contributed by atoms with van der Waals surface area (Å²) in [4.78, 5) is 10.9. The van der Waals surface area contributed by atoms with Crippen LogP contribution in [0.5, 0.6) is 0 Å². The van der Waals surface area contributed by atoms with E-state index in [1.54, 1.807) is 12.4 Å². The first-order valence-corrected chi connectivity index (χ1v) is 8.99. The highest BCUT2D eigenvalue weighted by atomic mass is 16.5. The van der Waals surface area contributed by atoms with Crippen molar-refractivity contribution in [2.75, 3.05) is 31.6 Å². The van der Waals surface area contributed by atoms with E-state index in [0.29, 0.717) is 11.9 Å². The fourth-order valence-corrected chi connectivity index (χ4v) is 3.88. The van der Waals surface area contributed by atoms with E-state index >= 15 is 0 Å². The van der Waals surface area contributed by atoms with Crippen molar-refractivity contribution in [3.05, 3.63) is 35.9 Å². The van der Waals surface area contributed by atoms with Gasteiger partial charge < -0.3 is 10.1 Å². The van der Waals surface area contributed by atoms with Crippen molar-refractivity contribution in [3.8, 4) is 0 Å². The zero-order valence-corrected chi connectivity index (χ0v) is 15.0. The number of aromatic nitrogens is 4. The van der Waals surface area contributed by atoms with Crippen LogP contribution in [-0.4, -0.2) is 56.5 Å². The highest BCUT2D eigenvalue weighted by Gasteiger charge is 2.46. The third-order valence-electron chi connectivity index (χ3n) is 5.26. The predicted molar refractivity (Wildman–Crippen MR) is 95.2 cm³/mol. The second-order valence-electron chi connectivity index (χ2n) is 7.40. The highest BCUT2D eigenvalue weighted by molar-refractivity contribution is 5.22. The van der Waals surface area contributed by atoms with E-state index in [2.05, 4.69) is 31.3 Å². The normalized spacial score (nSPS) is 22.7. The molecule has 0 amide bonds. The number of rotatable bonds is 5. The number of nitrogens with zero attached hydrogens (tertiary/aromatic N) is 5. The van der Waals surface area contributed by atoms with Crippen molar-refractivity contribution in [2.45, 2.75) is 31.9 Å². The lowest BCUT2D eigenvalue weighted by atomic mass is 9.83. The molecule has 0 bridgehead atoms. The van der Waals surface area contributed by atoms with Crippen molar-refractivity contribution < 1.29 is 4.74 Å². The molecule has 0 saturated carbocycles. The summed E-state index contributed by atoms with van der Waals surface area (Å²) in [7, 11) is 2.02. The lowest BCUT2D eigenvalue weighted by molar-refractivity contribution is -0.180. The van der Waals surface area contributed by atoms with Gasteiger partial charge in [0.1, 0.15) is 0 Å². The molecule has 0 radical (unpaired) electrons. The first kappa shape index (κ1) is 16.5. The maximum Gasteiger partial charge on any atom is 0.222 e. The van der Waals surface area contributed by atoms with Crippen molar-refractivity contribution in [2.24, 2.45) is 13.0 Å². The van der Waals surface area contributed by atoms with Crippen molar-refractivity contribution in [3.63, 3.8) is 0 Å². The van der Waals surface area contributed by atoms with Crippen LogP contribution in [0.1, 0.15) is 24.2 Å². The summed E-state index contributed by atoms with van der Waals surface area (Å²) >= 11 is 0. The molecule has 1 N–H and O–H groups in total. The Morgan fingerprint density at radius 2 is 2.12 bits per heavy atom. The van der Waals surface area contributed by atoms with Gasteiger partial charge in [-0.05, 0) is 37.8 Å². The summed E-state index contributed by atoms with van der Waals surface area (Å²) in [5.74, 6) is 1.23. The Morgan fingerprint density at radius 1 is 1.32 bits per heavy atom. The smallest absolute Gasteiger partial charge is 0.222 e. The van der Waals surface area contributed by atoms with E-state index in [1.807, 2.05) is 24.7 Å². The Hall–Kier alpha value is -1.99. The first-order valence-electron chi connectivity index (χ1n) is 8.99. The summed E-state index contributed by atoms with van der Waals surface area (Å²) in [6, 6.07) is 3.99. The number of likely N-dealkylation sites (tertiary alicyclic amines) is 1. The zero-order chi connectivity index (χ0) is 17.3. The zero-order valence-electron chi connectivity index (χ0n) is 15.0. The molecule has 4 rings (SSSR count). The number of ether oxygens (including phenoxy) is 1. The lowest BCUT2D eigenvalue weighted by Gasteiger charge is -2.53. The van der Waals surface area contributed by atoms with Crippen molar-refractivity contribution in [1.29, 1.82) is 0 Å². The average Bonchev–Trinajstić information content (AvgIpc) is 2.91. The molecule has 25 heavy (non-hydrogen) atoms. The Bertz CT molecular complexity index is 700. The van der Waals surface area contributed by atoms with Crippen LogP contribution >= 0.6 is 0 Å². The summed E-state index contributed by atoms with van der Waals surface area (Å²) < 4.78 is 8.24. The van der Waals surface area contributed by atoms with E-state index in [9.17, 15) is 0 Å². The van der Waals surface area contributed by atoms with Crippen LogP contribution in [0.2, 0.25) is 0 Å². The summed E-state index contributed by atoms with van der Waals surface area (Å²) in [5.41, 5.74) is 2.43. The maximum absolute atomic E-state index is 6.26. The van der Waals surface area contributed by atoms with Gasteiger partial charge in [0.2, 0.25) is 5.95 Å². The average molecular weight is 342 g/mol. The van der Waals surface area contributed by atoms with Gasteiger partial charge in [-0.25, -0.2) is 9.97 Å². The highest BCUT2D eigenvalue weighted by Crippen LogP contribution is 2.36. The van der Waals surface area contributed by atoms with Crippen molar-refractivity contribution in [1.82, 2.24) is 24.6 Å². The van der Waals surface area contributed by atoms with Gasteiger partial charge in [-0.15, -0.1) is 0 Å². The second kappa shape index (κ2) is 6.72. The molecule has 7 nitrogen and oxygen atoms in total. The van der Waals surface area contributed by atoms with Crippen molar-refractivity contribution >= 4 is 5.95 Å². The summed E-state index contributed by atoms with van der Waals surface area (Å²) in [6.07, 6.45) is 5.84.